The molecule has 1 fully saturated rings. The van der Waals surface area contributed by atoms with E-state index in [0.717, 1.165) is 5.75 Å². The quantitative estimate of drug-likeness (QED) is 0.753. The Morgan fingerprint density at radius 1 is 1.33 bits per heavy atom. The molecule has 2 rings (SSSR count). The summed E-state index contributed by atoms with van der Waals surface area (Å²) in [5.74, 6) is 0.232. The number of esters is 1. The van der Waals surface area contributed by atoms with Gasteiger partial charge in [0.25, 0.3) is 0 Å². The molecule has 1 aromatic rings. The van der Waals surface area contributed by atoms with E-state index in [1.807, 2.05) is 30.3 Å². The number of hydrogen-bond acceptors (Lipinski definition) is 5. The molecule has 0 saturated carbocycles. The fraction of sp³-hybridized carbons (Fsp3) is 0.467. The molecule has 0 aromatic heterocycles. The van der Waals surface area contributed by atoms with Crippen molar-refractivity contribution in [3.05, 3.63) is 30.3 Å². The molecule has 21 heavy (non-hydrogen) atoms. The first-order valence-electron chi connectivity index (χ1n) is 6.86. The third-order valence-electron chi connectivity index (χ3n) is 3.21. The third-order valence-corrected chi connectivity index (χ3v) is 3.21. The van der Waals surface area contributed by atoms with Gasteiger partial charge in [-0.15, -0.1) is 0 Å². The van der Waals surface area contributed by atoms with E-state index in [9.17, 15) is 9.59 Å². The van der Waals surface area contributed by atoms with Crippen molar-refractivity contribution in [2.75, 3.05) is 33.4 Å². The van der Waals surface area contributed by atoms with Crippen LogP contribution in [0.15, 0.2) is 30.3 Å². The van der Waals surface area contributed by atoms with Crippen molar-refractivity contribution in [2.45, 2.75) is 12.5 Å². The SMILES string of the molecule is COC(=O)C1CN(C(=O)CCOc2ccccc2)CCO1. The Hall–Kier alpha value is -2.08. The van der Waals surface area contributed by atoms with E-state index in [4.69, 9.17) is 9.47 Å². The van der Waals surface area contributed by atoms with Crippen molar-refractivity contribution in [3.8, 4) is 5.75 Å². The number of benzene rings is 1. The Morgan fingerprint density at radius 3 is 2.81 bits per heavy atom. The van der Waals surface area contributed by atoms with E-state index in [1.165, 1.54) is 7.11 Å². The monoisotopic (exact) mass is 293 g/mol. The maximum Gasteiger partial charge on any atom is 0.336 e. The van der Waals surface area contributed by atoms with Crippen LogP contribution in [0.3, 0.4) is 0 Å². The summed E-state index contributed by atoms with van der Waals surface area (Å²) in [6.07, 6.45) is -0.425. The largest absolute Gasteiger partial charge is 0.493 e. The van der Waals surface area contributed by atoms with E-state index in [1.54, 1.807) is 4.90 Å². The molecule has 6 nitrogen and oxygen atoms in total. The lowest BCUT2D eigenvalue weighted by Crippen LogP contribution is -2.49. The van der Waals surface area contributed by atoms with E-state index < -0.39 is 12.1 Å². The summed E-state index contributed by atoms with van der Waals surface area (Å²) in [5.41, 5.74) is 0. The van der Waals surface area contributed by atoms with Crippen molar-refractivity contribution in [2.24, 2.45) is 0 Å². The molecule has 0 N–H and O–H groups in total. The van der Waals surface area contributed by atoms with Crippen LogP contribution in [-0.4, -0.2) is 56.3 Å². The van der Waals surface area contributed by atoms with Crippen LogP contribution in [0.5, 0.6) is 5.75 Å². The average molecular weight is 293 g/mol. The second-order valence-electron chi connectivity index (χ2n) is 4.63. The number of carbonyl (C=O) groups is 2. The van der Waals surface area contributed by atoms with Crippen molar-refractivity contribution in [1.29, 1.82) is 0 Å². The zero-order valence-electron chi connectivity index (χ0n) is 12.0. The van der Waals surface area contributed by atoms with Crippen LogP contribution in [0.2, 0.25) is 0 Å². The topological polar surface area (TPSA) is 65.1 Å². The van der Waals surface area contributed by atoms with Crippen LogP contribution in [0.25, 0.3) is 0 Å². The molecule has 1 heterocycles. The lowest BCUT2D eigenvalue weighted by atomic mass is 10.2. The average Bonchev–Trinajstić information content (AvgIpc) is 2.55. The number of para-hydroxylation sites is 1. The van der Waals surface area contributed by atoms with Crippen molar-refractivity contribution < 1.29 is 23.8 Å². The zero-order valence-corrected chi connectivity index (χ0v) is 12.0. The Kier molecular flexibility index (Phi) is 5.57. The summed E-state index contributed by atoms with van der Waals surface area (Å²) in [6, 6.07) is 9.33. The molecule has 0 spiro atoms. The van der Waals surface area contributed by atoms with E-state index in [2.05, 4.69) is 4.74 Å². The van der Waals surface area contributed by atoms with Gasteiger partial charge in [0.15, 0.2) is 6.10 Å². The smallest absolute Gasteiger partial charge is 0.336 e. The first-order valence-corrected chi connectivity index (χ1v) is 6.86. The minimum Gasteiger partial charge on any atom is -0.493 e. The van der Waals surface area contributed by atoms with Crippen molar-refractivity contribution in [1.82, 2.24) is 4.90 Å². The van der Waals surface area contributed by atoms with Crippen LogP contribution >= 0.6 is 0 Å². The second-order valence-corrected chi connectivity index (χ2v) is 4.63. The minimum absolute atomic E-state index is 0.0527. The molecule has 0 aliphatic carbocycles. The Labute approximate surface area is 123 Å². The van der Waals surface area contributed by atoms with E-state index >= 15 is 0 Å². The number of morpholine rings is 1. The Morgan fingerprint density at radius 2 is 2.10 bits per heavy atom. The van der Waals surface area contributed by atoms with Crippen LogP contribution in [0, 0.1) is 0 Å². The summed E-state index contributed by atoms with van der Waals surface area (Å²) in [7, 11) is 1.31. The predicted molar refractivity (Wildman–Crippen MR) is 74.9 cm³/mol. The highest BCUT2D eigenvalue weighted by atomic mass is 16.6. The lowest BCUT2D eigenvalue weighted by Gasteiger charge is -2.31. The second kappa shape index (κ2) is 7.64. The molecule has 1 aromatic carbocycles. The number of methoxy groups -OCH3 is 1. The third kappa shape index (κ3) is 4.46. The zero-order chi connectivity index (χ0) is 15.1. The van der Waals surface area contributed by atoms with Gasteiger partial charge in [0.1, 0.15) is 5.75 Å². The van der Waals surface area contributed by atoms with Crippen molar-refractivity contribution in [3.63, 3.8) is 0 Å². The molecule has 1 aliphatic rings. The maximum atomic E-state index is 12.1. The number of hydrogen-bond donors (Lipinski definition) is 0. The van der Waals surface area contributed by atoms with Crippen LogP contribution in [-0.2, 0) is 19.1 Å². The van der Waals surface area contributed by atoms with Crippen LogP contribution < -0.4 is 4.74 Å². The summed E-state index contributed by atoms with van der Waals surface area (Å²) >= 11 is 0. The molecule has 1 unspecified atom stereocenters. The van der Waals surface area contributed by atoms with E-state index in [0.29, 0.717) is 19.8 Å². The number of amides is 1. The van der Waals surface area contributed by atoms with Gasteiger partial charge in [-0.05, 0) is 12.1 Å². The number of ether oxygens (including phenoxy) is 3. The van der Waals surface area contributed by atoms with Gasteiger partial charge in [0.2, 0.25) is 5.91 Å². The highest BCUT2D eigenvalue weighted by molar-refractivity contribution is 5.79. The normalized spacial score (nSPS) is 18.1. The Bertz CT molecular complexity index is 476. The minimum atomic E-state index is -0.692. The van der Waals surface area contributed by atoms with Gasteiger partial charge < -0.3 is 19.1 Å². The first kappa shape index (κ1) is 15.3. The fourth-order valence-electron chi connectivity index (χ4n) is 2.08. The number of rotatable bonds is 5. The van der Waals surface area contributed by atoms with Gasteiger partial charge in [0, 0.05) is 6.54 Å². The molecule has 0 radical (unpaired) electrons. The van der Waals surface area contributed by atoms with Gasteiger partial charge in [-0.3, -0.25) is 4.79 Å². The van der Waals surface area contributed by atoms with Crippen molar-refractivity contribution >= 4 is 11.9 Å². The maximum absolute atomic E-state index is 12.1. The van der Waals surface area contributed by atoms with Gasteiger partial charge in [0.05, 0.1) is 33.3 Å². The summed E-state index contributed by atoms with van der Waals surface area (Å²) < 4.78 is 15.4. The molecule has 1 amide bonds. The van der Waals surface area contributed by atoms with Gasteiger partial charge >= 0.3 is 5.97 Å². The standard InChI is InChI=1S/C15H19NO5/c1-19-15(18)13-11-16(8-10-21-13)14(17)7-9-20-12-5-3-2-4-6-12/h2-6,13H,7-11H2,1H3. The highest BCUT2D eigenvalue weighted by Crippen LogP contribution is 2.11. The first-order chi connectivity index (χ1) is 10.2. The van der Waals surface area contributed by atoms with Gasteiger partial charge in [-0.2, -0.15) is 0 Å². The van der Waals surface area contributed by atoms with Crippen LogP contribution in [0.4, 0.5) is 0 Å². The summed E-state index contributed by atoms with van der Waals surface area (Å²) in [4.78, 5) is 25.1. The van der Waals surface area contributed by atoms with Gasteiger partial charge in [-0.25, -0.2) is 4.79 Å². The molecule has 1 atom stereocenters. The lowest BCUT2D eigenvalue weighted by molar-refractivity contribution is -0.162. The highest BCUT2D eigenvalue weighted by Gasteiger charge is 2.29. The Balaban J connectivity index is 1.76. The molecular weight excluding hydrogens is 274 g/mol. The number of carbonyl (C=O) groups excluding carboxylic acids is 2. The molecule has 1 aliphatic heterocycles. The van der Waals surface area contributed by atoms with Crippen LogP contribution in [0.1, 0.15) is 6.42 Å². The molecule has 0 bridgehead atoms. The molecule has 6 heteroatoms. The number of nitrogens with zero attached hydrogens (tertiary/aromatic N) is 1. The summed E-state index contributed by atoms with van der Waals surface area (Å²) in [5, 5.41) is 0. The van der Waals surface area contributed by atoms with Gasteiger partial charge in [-0.1, -0.05) is 18.2 Å². The molecular formula is C15H19NO5. The summed E-state index contributed by atoms with van der Waals surface area (Å²) in [6.45, 7) is 1.36. The molecule has 1 saturated heterocycles. The fourth-order valence-corrected chi connectivity index (χ4v) is 2.08. The molecule has 114 valence electrons. The predicted octanol–water partition coefficient (Wildman–Crippen LogP) is 0.856. The van der Waals surface area contributed by atoms with E-state index in [-0.39, 0.29) is 18.9 Å².